The van der Waals surface area contributed by atoms with Crippen molar-refractivity contribution in [3.8, 4) is 0 Å². The third-order valence-electron chi connectivity index (χ3n) is 3.97. The van der Waals surface area contributed by atoms with Gasteiger partial charge in [0.25, 0.3) is 0 Å². The molecule has 0 radical (unpaired) electrons. The maximum atomic E-state index is 5.75. The minimum Gasteiger partial charge on any atom is -0.353 e. The number of rotatable bonds is 12. The maximum Gasteiger partial charge on any atom is 0.157 e. The first-order valence-corrected chi connectivity index (χ1v) is 9.61. The van der Waals surface area contributed by atoms with E-state index in [0.29, 0.717) is 0 Å². The minimum absolute atomic E-state index is 0.0891. The zero-order chi connectivity index (χ0) is 14.5. The van der Waals surface area contributed by atoms with Crippen molar-refractivity contribution >= 4 is 15.9 Å². The predicted octanol–water partition coefficient (Wildman–Crippen LogP) is 5.82. The Morgan fingerprint density at radius 1 is 1.05 bits per heavy atom. The summed E-state index contributed by atoms with van der Waals surface area (Å²) in [5.41, 5.74) is 0. The van der Waals surface area contributed by atoms with E-state index in [1.165, 1.54) is 70.6 Å². The summed E-state index contributed by atoms with van der Waals surface area (Å²) in [6.07, 6.45) is 15.6. The molecule has 0 spiro atoms. The molecule has 120 valence electrons. The van der Waals surface area contributed by atoms with E-state index in [-0.39, 0.29) is 6.29 Å². The predicted molar refractivity (Wildman–Crippen MR) is 89.5 cm³/mol. The Morgan fingerprint density at radius 2 is 1.80 bits per heavy atom. The molecular formula is C17H33BrO2. The molecule has 1 saturated heterocycles. The van der Waals surface area contributed by atoms with Crippen LogP contribution in [-0.2, 0) is 9.47 Å². The number of halogens is 1. The van der Waals surface area contributed by atoms with Crippen LogP contribution in [0.4, 0.5) is 0 Å². The summed E-state index contributed by atoms with van der Waals surface area (Å²) >= 11 is 3.81. The molecule has 0 aromatic carbocycles. The zero-order valence-corrected chi connectivity index (χ0v) is 14.8. The van der Waals surface area contributed by atoms with Gasteiger partial charge in [-0.1, -0.05) is 61.4 Å². The second kappa shape index (κ2) is 13.1. The van der Waals surface area contributed by atoms with Gasteiger partial charge in [0.1, 0.15) is 0 Å². The highest BCUT2D eigenvalue weighted by Gasteiger charge is 2.13. The van der Waals surface area contributed by atoms with Crippen LogP contribution in [0.3, 0.4) is 0 Å². The molecule has 0 aromatic rings. The smallest absolute Gasteiger partial charge is 0.157 e. The van der Waals surface area contributed by atoms with Gasteiger partial charge in [-0.2, -0.15) is 0 Å². The van der Waals surface area contributed by atoms with E-state index in [2.05, 4.69) is 22.9 Å². The van der Waals surface area contributed by atoms with Crippen LogP contribution >= 0.6 is 15.9 Å². The average Bonchev–Trinajstić information content (AvgIpc) is 2.48. The Balaban J connectivity index is 1.81. The molecule has 2 unspecified atom stereocenters. The third kappa shape index (κ3) is 10.2. The third-order valence-corrected chi connectivity index (χ3v) is 4.89. The summed E-state index contributed by atoms with van der Waals surface area (Å²) in [5.74, 6) is 0. The molecule has 0 amide bonds. The van der Waals surface area contributed by atoms with Gasteiger partial charge in [0.05, 0.1) is 0 Å². The van der Waals surface area contributed by atoms with Crippen molar-refractivity contribution in [2.45, 2.75) is 95.1 Å². The van der Waals surface area contributed by atoms with Crippen molar-refractivity contribution in [1.82, 2.24) is 0 Å². The van der Waals surface area contributed by atoms with E-state index >= 15 is 0 Å². The summed E-state index contributed by atoms with van der Waals surface area (Å²) < 4.78 is 11.3. The largest absolute Gasteiger partial charge is 0.353 e. The molecule has 2 nitrogen and oxygen atoms in total. The monoisotopic (exact) mass is 348 g/mol. The van der Waals surface area contributed by atoms with E-state index in [1.807, 2.05) is 0 Å². The summed E-state index contributed by atoms with van der Waals surface area (Å²) in [6, 6.07) is 0. The number of ether oxygens (including phenoxy) is 2. The number of unbranched alkanes of at least 4 members (excludes halogenated alkanes) is 5. The van der Waals surface area contributed by atoms with Gasteiger partial charge >= 0.3 is 0 Å². The fourth-order valence-corrected chi connectivity index (χ4v) is 3.29. The van der Waals surface area contributed by atoms with Crippen LogP contribution < -0.4 is 0 Å². The molecule has 1 fully saturated rings. The van der Waals surface area contributed by atoms with E-state index < -0.39 is 0 Å². The van der Waals surface area contributed by atoms with Gasteiger partial charge in [0.15, 0.2) is 6.29 Å². The molecule has 0 aromatic heterocycles. The molecule has 0 N–H and O–H groups in total. The van der Waals surface area contributed by atoms with Crippen molar-refractivity contribution in [2.24, 2.45) is 0 Å². The Hall–Kier alpha value is 0.400. The Labute approximate surface area is 134 Å². The topological polar surface area (TPSA) is 18.5 Å². The summed E-state index contributed by atoms with van der Waals surface area (Å²) in [4.78, 5) is 0.724. The summed E-state index contributed by atoms with van der Waals surface area (Å²) in [7, 11) is 0. The van der Waals surface area contributed by atoms with Gasteiger partial charge in [-0.3, -0.25) is 0 Å². The first kappa shape index (κ1) is 18.4. The molecule has 1 aliphatic heterocycles. The van der Waals surface area contributed by atoms with Crippen LogP contribution in [0, 0.1) is 0 Å². The Kier molecular flexibility index (Phi) is 12.1. The van der Waals surface area contributed by atoms with Crippen molar-refractivity contribution in [3.63, 3.8) is 0 Å². The van der Waals surface area contributed by atoms with Crippen LogP contribution in [0.1, 0.15) is 84.0 Å². The van der Waals surface area contributed by atoms with Crippen molar-refractivity contribution in [3.05, 3.63) is 0 Å². The molecule has 20 heavy (non-hydrogen) atoms. The number of hydrogen-bond donors (Lipinski definition) is 0. The highest BCUT2D eigenvalue weighted by Crippen LogP contribution is 2.19. The first-order valence-electron chi connectivity index (χ1n) is 8.70. The molecular weight excluding hydrogens is 316 g/mol. The summed E-state index contributed by atoms with van der Waals surface area (Å²) in [5, 5.41) is 0. The molecule has 1 rings (SSSR count). The number of alkyl halides is 1. The quantitative estimate of drug-likeness (QED) is 0.326. The van der Waals surface area contributed by atoms with Crippen LogP contribution in [-0.4, -0.2) is 24.3 Å². The fourth-order valence-electron chi connectivity index (χ4n) is 2.64. The van der Waals surface area contributed by atoms with Crippen molar-refractivity contribution in [2.75, 3.05) is 13.2 Å². The molecule has 2 atom stereocenters. The molecule has 0 bridgehead atoms. The van der Waals surface area contributed by atoms with Gasteiger partial charge in [0.2, 0.25) is 0 Å². The zero-order valence-electron chi connectivity index (χ0n) is 13.2. The lowest BCUT2D eigenvalue weighted by atomic mass is 10.1. The van der Waals surface area contributed by atoms with Crippen molar-refractivity contribution < 1.29 is 9.47 Å². The molecule has 3 heteroatoms. The molecule has 0 aliphatic carbocycles. The molecule has 0 saturated carbocycles. The summed E-state index contributed by atoms with van der Waals surface area (Å²) in [6.45, 7) is 4.02. The number of hydrogen-bond acceptors (Lipinski definition) is 2. The minimum atomic E-state index is 0.0891. The highest BCUT2D eigenvalue weighted by atomic mass is 79.9. The van der Waals surface area contributed by atoms with Gasteiger partial charge in [-0.25, -0.2) is 0 Å². The van der Waals surface area contributed by atoms with Gasteiger partial charge in [0, 0.05) is 18.0 Å². The lowest BCUT2D eigenvalue weighted by molar-refractivity contribution is -0.162. The molecule has 1 heterocycles. The van der Waals surface area contributed by atoms with Crippen LogP contribution in [0.25, 0.3) is 0 Å². The standard InChI is InChI=1S/C17H33BrO2/c1-2-3-4-6-11-16(18)12-7-5-9-14-19-17-13-8-10-15-20-17/h16-17H,2-15H2,1H3. The van der Waals surface area contributed by atoms with Gasteiger partial charge in [-0.15, -0.1) is 0 Å². The van der Waals surface area contributed by atoms with E-state index in [4.69, 9.17) is 9.47 Å². The van der Waals surface area contributed by atoms with Crippen LogP contribution in [0.5, 0.6) is 0 Å². The fraction of sp³-hybridized carbons (Fsp3) is 1.00. The van der Waals surface area contributed by atoms with Crippen LogP contribution in [0.2, 0.25) is 0 Å². The lowest BCUT2D eigenvalue weighted by Gasteiger charge is -2.22. The Bertz CT molecular complexity index is 205. The average molecular weight is 349 g/mol. The lowest BCUT2D eigenvalue weighted by Crippen LogP contribution is -2.22. The normalized spacial score (nSPS) is 21.0. The van der Waals surface area contributed by atoms with E-state index in [0.717, 1.165) is 24.5 Å². The highest BCUT2D eigenvalue weighted by molar-refractivity contribution is 9.09. The second-order valence-corrected chi connectivity index (χ2v) is 7.26. The van der Waals surface area contributed by atoms with E-state index in [1.54, 1.807) is 0 Å². The van der Waals surface area contributed by atoms with Crippen LogP contribution in [0.15, 0.2) is 0 Å². The first-order chi connectivity index (χ1) is 9.83. The van der Waals surface area contributed by atoms with Gasteiger partial charge < -0.3 is 9.47 Å². The van der Waals surface area contributed by atoms with Crippen molar-refractivity contribution in [1.29, 1.82) is 0 Å². The Morgan fingerprint density at radius 3 is 2.45 bits per heavy atom. The molecule has 1 aliphatic rings. The second-order valence-electron chi connectivity index (χ2n) is 5.96. The SMILES string of the molecule is CCCCCCC(Br)CCCCCOC1CCCCO1. The van der Waals surface area contributed by atoms with Gasteiger partial charge in [-0.05, 0) is 38.5 Å². The van der Waals surface area contributed by atoms with E-state index in [9.17, 15) is 0 Å². The maximum absolute atomic E-state index is 5.75.